The van der Waals surface area contributed by atoms with Crippen LogP contribution in [0, 0.1) is 0 Å². The second-order valence-corrected chi connectivity index (χ2v) is 4.28. The predicted molar refractivity (Wildman–Crippen MR) is 73.3 cm³/mol. The molecule has 4 N–H and O–H groups in total. The first-order chi connectivity index (χ1) is 9.40. The van der Waals surface area contributed by atoms with Gasteiger partial charge in [-0.25, -0.2) is 0 Å². The lowest BCUT2D eigenvalue weighted by Gasteiger charge is -2.12. The van der Waals surface area contributed by atoms with Crippen molar-refractivity contribution in [3.63, 3.8) is 0 Å². The van der Waals surface area contributed by atoms with Gasteiger partial charge in [0.1, 0.15) is 11.8 Å². The molecule has 104 valence electrons. The van der Waals surface area contributed by atoms with Gasteiger partial charge in [-0.15, -0.1) is 0 Å². The van der Waals surface area contributed by atoms with Crippen LogP contribution in [-0.4, -0.2) is 33.8 Å². The smallest absolute Gasteiger partial charge is 0.309 e. The largest absolute Gasteiger partial charge is 0.508 e. The average Bonchev–Trinajstić information content (AvgIpc) is 2.67. The molecule has 0 saturated heterocycles. The molecule has 0 fully saturated rings. The molecule has 1 amide bonds. The Bertz CT molecular complexity index is 607. The highest BCUT2D eigenvalue weighted by atomic mass is 16.4. The highest BCUT2D eigenvalue weighted by molar-refractivity contribution is 6.21. The Labute approximate surface area is 114 Å². The summed E-state index contributed by atoms with van der Waals surface area (Å²) in [5.41, 5.74) is 6.70. The molecule has 1 aliphatic heterocycles. The quantitative estimate of drug-likeness (QED) is 0.700. The van der Waals surface area contributed by atoms with E-state index in [1.165, 1.54) is 0 Å². The van der Waals surface area contributed by atoms with Gasteiger partial charge < -0.3 is 15.9 Å². The average molecular weight is 275 g/mol. The number of aliphatic carboxylic acids is 1. The van der Waals surface area contributed by atoms with E-state index in [1.54, 1.807) is 24.3 Å². The Kier molecular flexibility index (Phi) is 3.53. The summed E-state index contributed by atoms with van der Waals surface area (Å²) in [7, 11) is 0. The number of benzene rings is 1. The van der Waals surface area contributed by atoms with E-state index in [9.17, 15) is 14.7 Å². The first kappa shape index (κ1) is 13.8. The van der Waals surface area contributed by atoms with Gasteiger partial charge >= 0.3 is 5.97 Å². The predicted octanol–water partition coefficient (Wildman–Crippen LogP) is 0.720. The molecule has 1 aliphatic rings. The zero-order valence-corrected chi connectivity index (χ0v) is 10.5. The summed E-state index contributed by atoms with van der Waals surface area (Å²) < 4.78 is 0. The van der Waals surface area contributed by atoms with Gasteiger partial charge in [-0.2, -0.15) is 10.1 Å². The number of carboxylic acids is 1. The standard InChI is InChI=1S/C13H13N3O4/c1-7(17)8-2-4-9(5-3-8)16-13(20)12(14)10(15-16)6-11(18)19/h2-5,12,17H,1,6,14H2,(H,18,19). The summed E-state index contributed by atoms with van der Waals surface area (Å²) in [6.45, 7) is 3.39. The Hall–Kier alpha value is -2.67. The molecule has 1 aromatic carbocycles. The van der Waals surface area contributed by atoms with Crippen LogP contribution in [0.15, 0.2) is 35.9 Å². The maximum Gasteiger partial charge on any atom is 0.309 e. The first-order valence-electron chi connectivity index (χ1n) is 5.77. The van der Waals surface area contributed by atoms with Crippen LogP contribution < -0.4 is 10.7 Å². The molecular weight excluding hydrogens is 262 g/mol. The van der Waals surface area contributed by atoms with Gasteiger partial charge in [-0.1, -0.05) is 6.58 Å². The minimum atomic E-state index is -1.10. The van der Waals surface area contributed by atoms with Crippen molar-refractivity contribution in [3.8, 4) is 0 Å². The van der Waals surface area contributed by atoms with Gasteiger partial charge in [0.25, 0.3) is 5.91 Å². The van der Waals surface area contributed by atoms with Crippen LogP contribution in [0.25, 0.3) is 5.76 Å². The fourth-order valence-corrected chi connectivity index (χ4v) is 1.79. The Morgan fingerprint density at radius 3 is 2.45 bits per heavy atom. The van der Waals surface area contributed by atoms with Crippen LogP contribution in [0.2, 0.25) is 0 Å². The third-order valence-corrected chi connectivity index (χ3v) is 2.84. The number of hydrogen-bond donors (Lipinski definition) is 3. The van der Waals surface area contributed by atoms with Crippen molar-refractivity contribution in [2.75, 3.05) is 5.01 Å². The van der Waals surface area contributed by atoms with Crippen LogP contribution in [0.5, 0.6) is 0 Å². The van der Waals surface area contributed by atoms with E-state index in [0.717, 1.165) is 5.01 Å². The lowest BCUT2D eigenvalue weighted by atomic mass is 10.1. The number of amides is 1. The highest BCUT2D eigenvalue weighted by Crippen LogP contribution is 2.22. The molecule has 20 heavy (non-hydrogen) atoms. The second kappa shape index (κ2) is 5.14. The van der Waals surface area contributed by atoms with Crippen molar-refractivity contribution in [1.29, 1.82) is 0 Å². The lowest BCUT2D eigenvalue weighted by molar-refractivity contribution is -0.135. The van der Waals surface area contributed by atoms with E-state index < -0.39 is 17.9 Å². The zero-order chi connectivity index (χ0) is 14.9. The minimum absolute atomic E-state index is 0.0870. The fourth-order valence-electron chi connectivity index (χ4n) is 1.79. The first-order valence-corrected chi connectivity index (χ1v) is 5.77. The number of aliphatic hydroxyl groups is 1. The Balaban J connectivity index is 2.28. The van der Waals surface area contributed by atoms with Gasteiger partial charge in [0.15, 0.2) is 0 Å². The number of carbonyl (C=O) groups excluding carboxylic acids is 1. The molecule has 1 heterocycles. The van der Waals surface area contributed by atoms with Gasteiger partial charge in [-0.3, -0.25) is 9.59 Å². The zero-order valence-electron chi connectivity index (χ0n) is 10.5. The maximum absolute atomic E-state index is 11.9. The summed E-state index contributed by atoms with van der Waals surface area (Å²) in [4.78, 5) is 22.6. The number of carboxylic acid groups (broad SMARTS) is 1. The second-order valence-electron chi connectivity index (χ2n) is 4.28. The molecule has 0 aliphatic carbocycles. The van der Waals surface area contributed by atoms with Crippen molar-refractivity contribution < 1.29 is 19.8 Å². The van der Waals surface area contributed by atoms with E-state index in [0.29, 0.717) is 11.3 Å². The van der Waals surface area contributed by atoms with Crippen LogP contribution in [-0.2, 0) is 9.59 Å². The topological polar surface area (TPSA) is 116 Å². The number of aliphatic hydroxyl groups excluding tert-OH is 1. The van der Waals surface area contributed by atoms with Gasteiger partial charge in [0.2, 0.25) is 0 Å². The Morgan fingerprint density at radius 1 is 1.35 bits per heavy atom. The number of hydrogen-bond acceptors (Lipinski definition) is 5. The molecule has 1 aromatic rings. The van der Waals surface area contributed by atoms with E-state index in [2.05, 4.69) is 11.7 Å². The fraction of sp³-hybridized carbons (Fsp3) is 0.154. The number of carbonyl (C=O) groups is 2. The van der Waals surface area contributed by atoms with Gasteiger partial charge in [0, 0.05) is 5.56 Å². The highest BCUT2D eigenvalue weighted by Gasteiger charge is 2.34. The summed E-state index contributed by atoms with van der Waals surface area (Å²) in [6.07, 6.45) is -0.380. The van der Waals surface area contributed by atoms with E-state index in [4.69, 9.17) is 10.8 Å². The third kappa shape index (κ3) is 2.52. The molecule has 2 rings (SSSR count). The third-order valence-electron chi connectivity index (χ3n) is 2.84. The van der Waals surface area contributed by atoms with E-state index in [1.807, 2.05) is 0 Å². The molecule has 0 spiro atoms. The monoisotopic (exact) mass is 275 g/mol. The van der Waals surface area contributed by atoms with Crippen LogP contribution in [0.3, 0.4) is 0 Å². The maximum atomic E-state index is 11.9. The lowest BCUT2D eigenvalue weighted by Crippen LogP contribution is -2.39. The molecule has 0 radical (unpaired) electrons. The molecule has 1 atom stereocenters. The number of nitrogens with zero attached hydrogens (tertiary/aromatic N) is 2. The Morgan fingerprint density at radius 2 is 1.95 bits per heavy atom. The summed E-state index contributed by atoms with van der Waals surface area (Å²) >= 11 is 0. The van der Waals surface area contributed by atoms with E-state index >= 15 is 0 Å². The molecular formula is C13H13N3O4. The van der Waals surface area contributed by atoms with Crippen LogP contribution >= 0.6 is 0 Å². The van der Waals surface area contributed by atoms with Crippen molar-refractivity contribution >= 4 is 29.0 Å². The van der Waals surface area contributed by atoms with Crippen LogP contribution in [0.4, 0.5) is 5.69 Å². The molecule has 0 bridgehead atoms. The number of nitrogens with two attached hydrogens (primary N) is 1. The number of anilines is 1. The van der Waals surface area contributed by atoms with Gasteiger partial charge in [0.05, 0.1) is 17.8 Å². The van der Waals surface area contributed by atoms with Crippen molar-refractivity contribution in [3.05, 3.63) is 36.4 Å². The molecule has 7 nitrogen and oxygen atoms in total. The summed E-state index contributed by atoms with van der Waals surface area (Å²) in [5.74, 6) is -1.67. The number of hydrazone groups is 1. The summed E-state index contributed by atoms with van der Waals surface area (Å²) in [6, 6.07) is 5.23. The van der Waals surface area contributed by atoms with E-state index in [-0.39, 0.29) is 17.9 Å². The van der Waals surface area contributed by atoms with Crippen molar-refractivity contribution in [2.45, 2.75) is 12.5 Å². The minimum Gasteiger partial charge on any atom is -0.508 e. The molecule has 7 heteroatoms. The molecule has 1 unspecified atom stereocenters. The normalized spacial score (nSPS) is 18.1. The molecule has 0 aromatic heterocycles. The number of rotatable bonds is 4. The molecule has 0 saturated carbocycles. The van der Waals surface area contributed by atoms with Gasteiger partial charge in [-0.05, 0) is 24.3 Å². The van der Waals surface area contributed by atoms with Crippen molar-refractivity contribution in [2.24, 2.45) is 10.8 Å². The van der Waals surface area contributed by atoms with Crippen LogP contribution in [0.1, 0.15) is 12.0 Å². The van der Waals surface area contributed by atoms with Crippen molar-refractivity contribution in [1.82, 2.24) is 0 Å². The summed E-state index contributed by atoms with van der Waals surface area (Å²) in [5, 5.41) is 23.0. The SMILES string of the molecule is C=C(O)c1ccc(N2N=C(CC(=O)O)C(N)C2=O)cc1.